The van der Waals surface area contributed by atoms with E-state index in [2.05, 4.69) is 0 Å². The first kappa shape index (κ1) is 7.69. The zero-order chi connectivity index (χ0) is 7.56. The van der Waals surface area contributed by atoms with E-state index in [-0.39, 0.29) is 18.2 Å². The molecule has 0 N–H and O–H groups in total. The molecule has 3 nitrogen and oxygen atoms in total. The van der Waals surface area contributed by atoms with Crippen molar-refractivity contribution in [1.82, 2.24) is 0 Å². The van der Waals surface area contributed by atoms with E-state index in [9.17, 15) is 4.79 Å². The van der Waals surface area contributed by atoms with Gasteiger partial charge >= 0.3 is 0 Å². The van der Waals surface area contributed by atoms with Crippen molar-refractivity contribution in [2.24, 2.45) is 0 Å². The molecule has 1 saturated heterocycles. The zero-order valence-electron chi connectivity index (χ0n) is 6.29. The summed E-state index contributed by atoms with van der Waals surface area (Å²) in [5.41, 5.74) is 0. The van der Waals surface area contributed by atoms with Crippen LogP contribution in [0.15, 0.2) is 0 Å². The number of hydrogen-bond donors (Lipinski definition) is 0. The van der Waals surface area contributed by atoms with Crippen molar-refractivity contribution in [2.75, 3.05) is 7.11 Å². The molecule has 1 aliphatic heterocycles. The molecule has 58 valence electrons. The van der Waals surface area contributed by atoms with Crippen molar-refractivity contribution >= 4 is 5.78 Å². The molecule has 0 aliphatic carbocycles. The minimum Gasteiger partial charge on any atom is -0.356 e. The summed E-state index contributed by atoms with van der Waals surface area (Å²) in [6, 6.07) is 0. The number of ether oxygens (including phenoxy) is 2. The standard InChI is InChI=1S/C7H12O3/c1-5-6(8)3-4-7(9-2)10-5/h5,7H,3-4H2,1-2H3/t5-,7-/m1/s1. The number of rotatable bonds is 1. The van der Waals surface area contributed by atoms with Crippen LogP contribution in [0, 0.1) is 0 Å². The molecule has 0 radical (unpaired) electrons. The number of Topliss-reactive ketones (excluding diaryl/α,β-unsaturated/α-hetero) is 1. The molecule has 1 rings (SSSR count). The Hall–Kier alpha value is -0.410. The second kappa shape index (κ2) is 3.12. The lowest BCUT2D eigenvalue weighted by Crippen LogP contribution is -2.34. The number of hydrogen-bond acceptors (Lipinski definition) is 3. The normalized spacial score (nSPS) is 34.4. The van der Waals surface area contributed by atoms with E-state index in [0.717, 1.165) is 0 Å². The third-order valence-corrected chi connectivity index (χ3v) is 1.70. The monoisotopic (exact) mass is 144 g/mol. The molecule has 0 aromatic carbocycles. The molecule has 1 heterocycles. The largest absolute Gasteiger partial charge is 0.356 e. The number of methoxy groups -OCH3 is 1. The van der Waals surface area contributed by atoms with E-state index in [1.165, 1.54) is 0 Å². The Morgan fingerprint density at radius 3 is 2.90 bits per heavy atom. The van der Waals surface area contributed by atoms with Gasteiger partial charge in [0.05, 0.1) is 0 Å². The van der Waals surface area contributed by atoms with E-state index in [0.29, 0.717) is 12.8 Å². The van der Waals surface area contributed by atoms with Crippen molar-refractivity contribution in [2.45, 2.75) is 32.2 Å². The Kier molecular flexibility index (Phi) is 2.40. The van der Waals surface area contributed by atoms with E-state index >= 15 is 0 Å². The maximum atomic E-state index is 10.9. The molecule has 0 aromatic rings. The maximum Gasteiger partial charge on any atom is 0.161 e. The number of carbonyl (C=O) groups excluding carboxylic acids is 1. The van der Waals surface area contributed by atoms with Crippen molar-refractivity contribution < 1.29 is 14.3 Å². The Morgan fingerprint density at radius 2 is 2.40 bits per heavy atom. The molecule has 3 heteroatoms. The Bertz CT molecular complexity index is 133. The second-order valence-corrected chi connectivity index (χ2v) is 2.45. The van der Waals surface area contributed by atoms with Gasteiger partial charge in [0.15, 0.2) is 12.1 Å². The fourth-order valence-corrected chi connectivity index (χ4v) is 1.01. The van der Waals surface area contributed by atoms with Gasteiger partial charge in [0.1, 0.15) is 6.10 Å². The molecule has 0 unspecified atom stereocenters. The predicted molar refractivity (Wildman–Crippen MR) is 35.6 cm³/mol. The van der Waals surface area contributed by atoms with Crippen LogP contribution >= 0.6 is 0 Å². The highest BCUT2D eigenvalue weighted by Gasteiger charge is 2.25. The van der Waals surface area contributed by atoms with Crippen LogP contribution < -0.4 is 0 Å². The highest BCUT2D eigenvalue weighted by Crippen LogP contribution is 2.15. The first-order valence-electron chi connectivity index (χ1n) is 3.45. The van der Waals surface area contributed by atoms with Crippen LogP contribution in [0.2, 0.25) is 0 Å². The van der Waals surface area contributed by atoms with Gasteiger partial charge in [0, 0.05) is 20.0 Å². The van der Waals surface area contributed by atoms with Gasteiger partial charge in [-0.25, -0.2) is 0 Å². The van der Waals surface area contributed by atoms with Gasteiger partial charge in [-0.15, -0.1) is 0 Å². The third-order valence-electron chi connectivity index (χ3n) is 1.70. The second-order valence-electron chi connectivity index (χ2n) is 2.45. The van der Waals surface area contributed by atoms with Gasteiger partial charge in [-0.05, 0) is 6.92 Å². The summed E-state index contributed by atoms with van der Waals surface area (Å²) >= 11 is 0. The van der Waals surface area contributed by atoms with Crippen molar-refractivity contribution in [1.29, 1.82) is 0 Å². The summed E-state index contributed by atoms with van der Waals surface area (Å²) in [6.07, 6.45) is 0.825. The van der Waals surface area contributed by atoms with Crippen molar-refractivity contribution in [3.05, 3.63) is 0 Å². The average molecular weight is 144 g/mol. The first-order valence-corrected chi connectivity index (χ1v) is 3.45. The first-order chi connectivity index (χ1) is 4.74. The molecule has 0 saturated carbocycles. The van der Waals surface area contributed by atoms with Gasteiger partial charge < -0.3 is 9.47 Å². The zero-order valence-corrected chi connectivity index (χ0v) is 6.29. The van der Waals surface area contributed by atoms with Gasteiger partial charge in [0.2, 0.25) is 0 Å². The van der Waals surface area contributed by atoms with Crippen LogP contribution in [0.25, 0.3) is 0 Å². The van der Waals surface area contributed by atoms with E-state index < -0.39 is 0 Å². The molecule has 10 heavy (non-hydrogen) atoms. The van der Waals surface area contributed by atoms with Crippen LogP contribution in [0.4, 0.5) is 0 Å². The minimum absolute atomic E-state index is 0.173. The molecule has 1 fully saturated rings. The smallest absolute Gasteiger partial charge is 0.161 e. The Morgan fingerprint density at radius 1 is 1.70 bits per heavy atom. The molecule has 2 atom stereocenters. The average Bonchev–Trinajstić information content (AvgIpc) is 1.95. The highest BCUT2D eigenvalue weighted by molar-refractivity contribution is 5.83. The van der Waals surface area contributed by atoms with Crippen LogP contribution in [0.5, 0.6) is 0 Å². The van der Waals surface area contributed by atoms with Crippen LogP contribution in [0.1, 0.15) is 19.8 Å². The lowest BCUT2D eigenvalue weighted by atomic mass is 10.1. The van der Waals surface area contributed by atoms with Gasteiger partial charge in [-0.1, -0.05) is 0 Å². The molecule has 0 aromatic heterocycles. The molecule has 0 bridgehead atoms. The third kappa shape index (κ3) is 1.55. The van der Waals surface area contributed by atoms with Crippen LogP contribution in [-0.2, 0) is 14.3 Å². The Balaban J connectivity index is 2.40. The minimum atomic E-state index is -0.279. The van der Waals surface area contributed by atoms with Gasteiger partial charge in [-0.2, -0.15) is 0 Å². The summed E-state index contributed by atoms with van der Waals surface area (Å²) in [7, 11) is 1.59. The fourth-order valence-electron chi connectivity index (χ4n) is 1.01. The van der Waals surface area contributed by atoms with E-state index in [1.54, 1.807) is 14.0 Å². The van der Waals surface area contributed by atoms with Crippen LogP contribution in [0.3, 0.4) is 0 Å². The quantitative estimate of drug-likeness (QED) is 0.544. The van der Waals surface area contributed by atoms with Crippen molar-refractivity contribution in [3.63, 3.8) is 0 Å². The van der Waals surface area contributed by atoms with Crippen LogP contribution in [-0.4, -0.2) is 25.3 Å². The number of carbonyl (C=O) groups is 1. The summed E-state index contributed by atoms with van der Waals surface area (Å²) < 4.78 is 10.1. The Labute approximate surface area is 60.3 Å². The number of ketones is 1. The SMILES string of the molecule is CO[C@H]1CCC(=O)[C@@H](C)O1. The van der Waals surface area contributed by atoms with E-state index in [1.807, 2.05) is 0 Å². The van der Waals surface area contributed by atoms with Gasteiger partial charge in [0.25, 0.3) is 0 Å². The molecule has 1 aliphatic rings. The molecular formula is C7H12O3. The maximum absolute atomic E-state index is 10.9. The lowest BCUT2D eigenvalue weighted by molar-refractivity contribution is -0.182. The highest BCUT2D eigenvalue weighted by atomic mass is 16.7. The molecule has 0 spiro atoms. The van der Waals surface area contributed by atoms with E-state index in [4.69, 9.17) is 9.47 Å². The fraction of sp³-hybridized carbons (Fsp3) is 0.857. The molecular weight excluding hydrogens is 132 g/mol. The van der Waals surface area contributed by atoms with Gasteiger partial charge in [-0.3, -0.25) is 4.79 Å². The summed E-state index contributed by atoms with van der Waals surface area (Å²) in [6.45, 7) is 1.76. The summed E-state index contributed by atoms with van der Waals surface area (Å²) in [5, 5.41) is 0. The topological polar surface area (TPSA) is 35.5 Å². The predicted octanol–water partition coefficient (Wildman–Crippen LogP) is 0.727. The van der Waals surface area contributed by atoms with Crippen molar-refractivity contribution in [3.8, 4) is 0 Å². The summed E-state index contributed by atoms with van der Waals surface area (Å²) in [5.74, 6) is 0.174. The lowest BCUT2D eigenvalue weighted by Gasteiger charge is -2.25. The molecule has 0 amide bonds. The summed E-state index contributed by atoms with van der Waals surface area (Å²) in [4.78, 5) is 10.9.